The first kappa shape index (κ1) is 24.9. The van der Waals surface area contributed by atoms with E-state index < -0.39 is 5.60 Å². The van der Waals surface area contributed by atoms with Crippen molar-refractivity contribution >= 4 is 12.1 Å². The van der Waals surface area contributed by atoms with Crippen LogP contribution in [-0.4, -0.2) is 40.2 Å². The molecule has 0 unspecified atom stereocenters. The fraction of sp³-hybridized carbons (Fsp3) is 0.556. The molecule has 0 radical (unpaired) electrons. The molecule has 0 N–H and O–H groups in total. The van der Waals surface area contributed by atoms with Gasteiger partial charge in [-0.3, -0.25) is 0 Å². The van der Waals surface area contributed by atoms with Crippen molar-refractivity contribution in [1.82, 2.24) is 9.47 Å². The molecule has 6 heteroatoms. The number of likely N-dealkylation sites (tertiary alicyclic amines) is 1. The zero-order valence-corrected chi connectivity index (χ0v) is 21.1. The van der Waals surface area contributed by atoms with Crippen molar-refractivity contribution < 1.29 is 19.1 Å². The van der Waals surface area contributed by atoms with Crippen molar-refractivity contribution in [3.05, 3.63) is 58.9 Å². The van der Waals surface area contributed by atoms with E-state index in [1.165, 1.54) is 0 Å². The maximum atomic E-state index is 13.0. The second-order valence-electron chi connectivity index (χ2n) is 10.9. The maximum absolute atomic E-state index is 13.0. The third kappa shape index (κ3) is 6.18. The van der Waals surface area contributed by atoms with Crippen molar-refractivity contribution in [2.45, 2.75) is 85.0 Å². The lowest BCUT2D eigenvalue weighted by Gasteiger charge is -2.36. The summed E-state index contributed by atoms with van der Waals surface area (Å²) in [6, 6.07) is 11.9. The number of esters is 1. The maximum Gasteiger partial charge on any atom is 0.410 e. The monoisotopic (exact) mass is 454 g/mol. The van der Waals surface area contributed by atoms with Gasteiger partial charge in [0.15, 0.2) is 0 Å². The number of rotatable bonds is 4. The molecular formula is C27H38N2O4. The Morgan fingerprint density at radius 1 is 1.00 bits per heavy atom. The van der Waals surface area contributed by atoms with Gasteiger partial charge >= 0.3 is 12.1 Å². The predicted octanol–water partition coefficient (Wildman–Crippen LogP) is 6.02. The van der Waals surface area contributed by atoms with E-state index in [2.05, 4.69) is 25.3 Å². The van der Waals surface area contributed by atoms with Crippen LogP contribution < -0.4 is 0 Å². The zero-order chi connectivity index (χ0) is 24.4. The second-order valence-corrected chi connectivity index (χ2v) is 10.9. The van der Waals surface area contributed by atoms with Gasteiger partial charge in [0.25, 0.3) is 0 Å². The third-order valence-corrected chi connectivity index (χ3v) is 5.97. The Balaban J connectivity index is 1.77. The summed E-state index contributed by atoms with van der Waals surface area (Å²) in [5, 5.41) is 0. The van der Waals surface area contributed by atoms with Gasteiger partial charge in [0.1, 0.15) is 12.2 Å². The van der Waals surface area contributed by atoms with Crippen LogP contribution in [0.2, 0.25) is 0 Å². The SMILES string of the molecule is Cc1c(C(=O)OCc2ccccc2)cc(C(C)(C)C)n1C1CCN(C(=O)OC(C)(C)C)CC1. The Morgan fingerprint density at radius 3 is 2.15 bits per heavy atom. The van der Waals surface area contributed by atoms with Crippen LogP contribution >= 0.6 is 0 Å². The number of ether oxygens (including phenoxy) is 2. The quantitative estimate of drug-likeness (QED) is 0.530. The van der Waals surface area contributed by atoms with E-state index in [1.807, 2.05) is 64.1 Å². The molecule has 180 valence electrons. The number of benzene rings is 1. The van der Waals surface area contributed by atoms with Gasteiger partial charge in [-0.25, -0.2) is 9.59 Å². The lowest BCUT2D eigenvalue weighted by atomic mass is 9.91. The predicted molar refractivity (Wildman–Crippen MR) is 130 cm³/mol. The van der Waals surface area contributed by atoms with Gasteiger partial charge in [-0.1, -0.05) is 51.1 Å². The summed E-state index contributed by atoms with van der Waals surface area (Å²) in [6.07, 6.45) is 1.37. The van der Waals surface area contributed by atoms with Crippen molar-refractivity contribution in [3.8, 4) is 0 Å². The second kappa shape index (κ2) is 9.62. The summed E-state index contributed by atoms with van der Waals surface area (Å²) in [7, 11) is 0. The minimum atomic E-state index is -0.501. The van der Waals surface area contributed by atoms with Gasteiger partial charge in [-0.15, -0.1) is 0 Å². The molecule has 1 amide bonds. The van der Waals surface area contributed by atoms with Crippen LogP contribution in [0, 0.1) is 6.92 Å². The van der Waals surface area contributed by atoms with Crippen LogP contribution in [0.15, 0.2) is 36.4 Å². The summed E-state index contributed by atoms with van der Waals surface area (Å²) in [6.45, 7) is 15.6. The van der Waals surface area contributed by atoms with Crippen LogP contribution in [0.5, 0.6) is 0 Å². The highest BCUT2D eigenvalue weighted by Crippen LogP contribution is 2.35. The molecule has 1 aromatic heterocycles. The van der Waals surface area contributed by atoms with Crippen molar-refractivity contribution in [2.24, 2.45) is 0 Å². The number of hydrogen-bond acceptors (Lipinski definition) is 4. The summed E-state index contributed by atoms with van der Waals surface area (Å²) < 4.78 is 13.5. The Bertz CT molecular complexity index is 972. The Morgan fingerprint density at radius 2 is 1.61 bits per heavy atom. The van der Waals surface area contributed by atoms with E-state index >= 15 is 0 Å². The number of carbonyl (C=O) groups excluding carboxylic acids is 2. The standard InChI is InChI=1S/C27H38N2O4/c1-19-22(24(30)32-18-20-11-9-8-10-12-20)17-23(26(2,3)4)29(19)21-13-15-28(16-14-21)25(31)33-27(5,6)7/h8-12,17,21H,13-16,18H2,1-7H3. The highest BCUT2D eigenvalue weighted by molar-refractivity contribution is 5.91. The normalized spacial score (nSPS) is 15.4. The lowest BCUT2D eigenvalue weighted by Crippen LogP contribution is -2.42. The first-order chi connectivity index (χ1) is 15.4. The molecule has 2 aromatic rings. The molecule has 0 atom stereocenters. The van der Waals surface area contributed by atoms with E-state index in [0.717, 1.165) is 29.8 Å². The number of piperidine rings is 1. The van der Waals surface area contributed by atoms with Crippen LogP contribution in [0.25, 0.3) is 0 Å². The third-order valence-electron chi connectivity index (χ3n) is 5.97. The highest BCUT2D eigenvalue weighted by atomic mass is 16.6. The van der Waals surface area contributed by atoms with Crippen LogP contribution in [0.3, 0.4) is 0 Å². The number of carbonyl (C=O) groups is 2. The number of amides is 1. The van der Waals surface area contributed by atoms with Gasteiger partial charge in [0.05, 0.1) is 5.56 Å². The van der Waals surface area contributed by atoms with E-state index in [-0.39, 0.29) is 30.1 Å². The lowest BCUT2D eigenvalue weighted by molar-refractivity contribution is 0.0186. The van der Waals surface area contributed by atoms with E-state index in [9.17, 15) is 9.59 Å². The van der Waals surface area contributed by atoms with E-state index in [4.69, 9.17) is 9.47 Å². The molecule has 0 aliphatic carbocycles. The summed E-state index contributed by atoms with van der Waals surface area (Å²) >= 11 is 0. The van der Waals surface area contributed by atoms with Crippen LogP contribution in [0.4, 0.5) is 4.79 Å². The largest absolute Gasteiger partial charge is 0.457 e. The van der Waals surface area contributed by atoms with Gasteiger partial charge in [0.2, 0.25) is 0 Å². The van der Waals surface area contributed by atoms with Gasteiger partial charge in [0, 0.05) is 35.9 Å². The molecule has 0 spiro atoms. The molecule has 1 aliphatic heterocycles. The minimum absolute atomic E-state index is 0.134. The molecule has 33 heavy (non-hydrogen) atoms. The molecule has 1 aromatic carbocycles. The van der Waals surface area contributed by atoms with Gasteiger partial charge in [-0.05, 0) is 52.2 Å². The minimum Gasteiger partial charge on any atom is -0.457 e. The summed E-state index contributed by atoms with van der Waals surface area (Å²) in [5.74, 6) is -0.299. The number of hydrogen-bond donors (Lipinski definition) is 0. The molecular weight excluding hydrogens is 416 g/mol. The summed E-state index contributed by atoms with van der Waals surface area (Å²) in [5.41, 5.74) is 2.99. The average molecular weight is 455 g/mol. The van der Waals surface area contributed by atoms with E-state index in [1.54, 1.807) is 4.90 Å². The fourth-order valence-corrected chi connectivity index (χ4v) is 4.31. The molecule has 0 bridgehead atoms. The zero-order valence-electron chi connectivity index (χ0n) is 21.1. The molecule has 3 rings (SSSR count). The molecule has 2 heterocycles. The molecule has 1 aliphatic rings. The Kier molecular flexibility index (Phi) is 7.25. The van der Waals surface area contributed by atoms with E-state index in [0.29, 0.717) is 18.7 Å². The van der Waals surface area contributed by atoms with Crippen LogP contribution in [0.1, 0.15) is 87.7 Å². The van der Waals surface area contributed by atoms with Crippen molar-refractivity contribution in [2.75, 3.05) is 13.1 Å². The van der Waals surface area contributed by atoms with Gasteiger partial charge in [-0.2, -0.15) is 0 Å². The number of nitrogens with zero attached hydrogens (tertiary/aromatic N) is 2. The Hall–Kier alpha value is -2.76. The van der Waals surface area contributed by atoms with Crippen molar-refractivity contribution in [1.29, 1.82) is 0 Å². The Labute approximate surface area is 197 Å². The highest BCUT2D eigenvalue weighted by Gasteiger charge is 2.33. The van der Waals surface area contributed by atoms with Gasteiger partial charge < -0.3 is 18.9 Å². The number of aromatic nitrogens is 1. The summed E-state index contributed by atoms with van der Waals surface area (Å²) in [4.78, 5) is 27.2. The topological polar surface area (TPSA) is 60.8 Å². The molecule has 1 fully saturated rings. The first-order valence-electron chi connectivity index (χ1n) is 11.8. The smallest absolute Gasteiger partial charge is 0.410 e. The molecule has 6 nitrogen and oxygen atoms in total. The van der Waals surface area contributed by atoms with Crippen LogP contribution in [-0.2, 0) is 21.5 Å². The van der Waals surface area contributed by atoms with Crippen molar-refractivity contribution in [3.63, 3.8) is 0 Å². The molecule has 1 saturated heterocycles. The first-order valence-corrected chi connectivity index (χ1v) is 11.8. The fourth-order valence-electron chi connectivity index (χ4n) is 4.31. The average Bonchev–Trinajstić information content (AvgIpc) is 3.09. The molecule has 0 saturated carbocycles.